The zero-order chi connectivity index (χ0) is 14.8. The third-order valence-electron chi connectivity index (χ3n) is 4.67. The predicted octanol–water partition coefficient (Wildman–Crippen LogP) is 2.52. The molecule has 3 rings (SSSR count). The van der Waals surface area contributed by atoms with Crippen LogP contribution in [0.4, 0.5) is 5.82 Å². The first kappa shape index (κ1) is 15.1. The van der Waals surface area contributed by atoms with Gasteiger partial charge < -0.3 is 10.2 Å². The van der Waals surface area contributed by atoms with Crippen molar-refractivity contribution in [3.8, 4) is 0 Å². The fraction of sp³-hybridized carbons (Fsp3) is 0.688. The van der Waals surface area contributed by atoms with Crippen molar-refractivity contribution in [1.29, 1.82) is 0 Å². The van der Waals surface area contributed by atoms with Crippen molar-refractivity contribution in [3.05, 3.63) is 22.8 Å². The molecular weight excluding hydrogens is 284 g/mol. The van der Waals surface area contributed by atoms with Crippen molar-refractivity contribution in [2.75, 3.05) is 31.1 Å². The lowest BCUT2D eigenvalue weighted by Gasteiger charge is -2.43. The molecule has 1 aromatic heterocycles. The molecule has 0 amide bonds. The Balaban J connectivity index is 1.76. The molecule has 0 spiro atoms. The van der Waals surface area contributed by atoms with Gasteiger partial charge in [0.15, 0.2) is 0 Å². The highest BCUT2D eigenvalue weighted by atomic mass is 35.5. The van der Waals surface area contributed by atoms with Crippen LogP contribution in [0.5, 0.6) is 0 Å². The Morgan fingerprint density at radius 3 is 3.05 bits per heavy atom. The Kier molecular flexibility index (Phi) is 4.67. The lowest BCUT2D eigenvalue weighted by Crippen LogP contribution is -2.55. The maximum absolute atomic E-state index is 6.50. The number of hydrogen-bond donors (Lipinski definition) is 1. The molecule has 116 valence electrons. The lowest BCUT2D eigenvalue weighted by molar-refractivity contribution is 0.202. The molecule has 21 heavy (non-hydrogen) atoms. The first-order chi connectivity index (χ1) is 10.2. The van der Waals surface area contributed by atoms with E-state index in [1.165, 1.54) is 19.4 Å². The fourth-order valence-corrected chi connectivity index (χ4v) is 3.83. The largest absolute Gasteiger partial charge is 0.350 e. The van der Waals surface area contributed by atoms with E-state index >= 15 is 0 Å². The Labute approximate surface area is 132 Å². The zero-order valence-electron chi connectivity index (χ0n) is 13.0. The number of fused-ring (bicyclic) bond motifs is 1. The highest BCUT2D eigenvalue weighted by Gasteiger charge is 2.35. The van der Waals surface area contributed by atoms with Gasteiger partial charge in [0.05, 0.1) is 5.02 Å². The number of pyridine rings is 1. The molecular formula is C16H25ClN4. The van der Waals surface area contributed by atoms with Crippen LogP contribution in [0, 0.1) is 0 Å². The number of rotatable bonds is 4. The summed E-state index contributed by atoms with van der Waals surface area (Å²) >= 11 is 6.50. The average molecular weight is 309 g/mol. The molecule has 4 nitrogen and oxygen atoms in total. The quantitative estimate of drug-likeness (QED) is 0.926. The average Bonchev–Trinajstić information content (AvgIpc) is 2.91. The summed E-state index contributed by atoms with van der Waals surface area (Å²) in [5.74, 6) is 0.955. The molecule has 0 bridgehead atoms. The second-order valence-corrected chi connectivity index (χ2v) is 6.63. The Morgan fingerprint density at radius 2 is 2.29 bits per heavy atom. The summed E-state index contributed by atoms with van der Waals surface area (Å²) in [5, 5.41) is 4.09. The van der Waals surface area contributed by atoms with Crippen LogP contribution in [0.3, 0.4) is 0 Å². The van der Waals surface area contributed by atoms with E-state index in [1.807, 2.05) is 6.20 Å². The highest BCUT2D eigenvalue weighted by molar-refractivity contribution is 6.33. The van der Waals surface area contributed by atoms with E-state index in [2.05, 4.69) is 40.0 Å². The Morgan fingerprint density at radius 1 is 1.43 bits per heavy atom. The normalized spacial score (nSPS) is 26.1. The van der Waals surface area contributed by atoms with Gasteiger partial charge >= 0.3 is 0 Å². The molecule has 0 aliphatic carbocycles. The third kappa shape index (κ3) is 3.17. The van der Waals surface area contributed by atoms with Gasteiger partial charge in [0, 0.05) is 37.9 Å². The molecule has 0 radical (unpaired) electrons. The van der Waals surface area contributed by atoms with Crippen LogP contribution >= 0.6 is 11.6 Å². The van der Waals surface area contributed by atoms with Crippen molar-refractivity contribution in [2.45, 2.75) is 45.3 Å². The lowest BCUT2D eigenvalue weighted by atomic mass is 10.1. The summed E-state index contributed by atoms with van der Waals surface area (Å²) in [7, 11) is 0. The van der Waals surface area contributed by atoms with E-state index < -0.39 is 0 Å². The van der Waals surface area contributed by atoms with E-state index in [-0.39, 0.29) is 0 Å². The summed E-state index contributed by atoms with van der Waals surface area (Å²) in [5.41, 5.74) is 1.15. The molecule has 1 N–H and O–H groups in total. The third-order valence-corrected chi connectivity index (χ3v) is 4.95. The molecule has 0 saturated carbocycles. The second-order valence-electron chi connectivity index (χ2n) is 6.22. The van der Waals surface area contributed by atoms with Crippen LogP contribution in [0.15, 0.2) is 12.3 Å². The molecule has 2 aliphatic rings. The smallest absolute Gasteiger partial charge is 0.147 e. The summed E-state index contributed by atoms with van der Waals surface area (Å²) in [6.07, 6.45) is 4.59. The molecule has 5 heteroatoms. The summed E-state index contributed by atoms with van der Waals surface area (Å²) in [6, 6.07) is 3.21. The van der Waals surface area contributed by atoms with Gasteiger partial charge in [-0.25, -0.2) is 4.98 Å². The van der Waals surface area contributed by atoms with E-state index in [4.69, 9.17) is 11.6 Å². The van der Waals surface area contributed by atoms with Crippen molar-refractivity contribution < 1.29 is 0 Å². The Bertz CT molecular complexity index is 493. The predicted molar refractivity (Wildman–Crippen MR) is 88.0 cm³/mol. The number of hydrogen-bond acceptors (Lipinski definition) is 4. The minimum absolute atomic E-state index is 0.476. The van der Waals surface area contributed by atoms with Gasteiger partial charge in [0.1, 0.15) is 5.82 Å². The standard InChI is InChI=1S/C16H25ClN4/c1-3-18-8-13-7-15(17)16(19-9-13)21-11-14-5-4-6-20(14)10-12(21)2/h7,9,12,14,18H,3-6,8,10-11H2,1-2H3. The van der Waals surface area contributed by atoms with E-state index in [9.17, 15) is 0 Å². The molecule has 2 unspecified atom stereocenters. The van der Waals surface area contributed by atoms with E-state index in [1.54, 1.807) is 0 Å². The van der Waals surface area contributed by atoms with Gasteiger partial charge in [-0.2, -0.15) is 0 Å². The maximum atomic E-state index is 6.50. The van der Waals surface area contributed by atoms with Gasteiger partial charge in [-0.05, 0) is 44.5 Å². The van der Waals surface area contributed by atoms with Gasteiger partial charge in [-0.15, -0.1) is 0 Å². The molecule has 1 aromatic rings. The summed E-state index contributed by atoms with van der Waals surface area (Å²) in [6.45, 7) is 9.61. The number of anilines is 1. The SMILES string of the molecule is CCNCc1cnc(N2CC3CCCN3CC2C)c(Cl)c1. The second kappa shape index (κ2) is 6.51. The topological polar surface area (TPSA) is 31.4 Å². The van der Waals surface area contributed by atoms with Crippen LogP contribution in [0.2, 0.25) is 5.02 Å². The summed E-state index contributed by atoms with van der Waals surface area (Å²) < 4.78 is 0. The number of aromatic nitrogens is 1. The number of piperazine rings is 1. The van der Waals surface area contributed by atoms with Crippen molar-refractivity contribution in [3.63, 3.8) is 0 Å². The van der Waals surface area contributed by atoms with Gasteiger partial charge in [0.2, 0.25) is 0 Å². The van der Waals surface area contributed by atoms with Crippen LogP contribution < -0.4 is 10.2 Å². The van der Waals surface area contributed by atoms with E-state index in [0.717, 1.165) is 42.6 Å². The minimum atomic E-state index is 0.476. The molecule has 2 saturated heterocycles. The summed E-state index contributed by atoms with van der Waals surface area (Å²) in [4.78, 5) is 9.67. The van der Waals surface area contributed by atoms with Gasteiger partial charge in [0.25, 0.3) is 0 Å². The molecule has 2 aliphatic heterocycles. The highest BCUT2D eigenvalue weighted by Crippen LogP contribution is 2.31. The van der Waals surface area contributed by atoms with Crippen LogP contribution in [0.1, 0.15) is 32.3 Å². The van der Waals surface area contributed by atoms with Crippen molar-refractivity contribution >= 4 is 17.4 Å². The van der Waals surface area contributed by atoms with Crippen LogP contribution in [0.25, 0.3) is 0 Å². The minimum Gasteiger partial charge on any atom is -0.350 e. The molecule has 2 atom stereocenters. The molecule has 2 fully saturated rings. The number of nitrogens with one attached hydrogen (secondary N) is 1. The van der Waals surface area contributed by atoms with Crippen LogP contribution in [-0.4, -0.2) is 48.1 Å². The van der Waals surface area contributed by atoms with E-state index in [0.29, 0.717) is 12.1 Å². The zero-order valence-corrected chi connectivity index (χ0v) is 13.7. The molecule has 3 heterocycles. The first-order valence-corrected chi connectivity index (χ1v) is 8.42. The fourth-order valence-electron chi connectivity index (χ4n) is 3.53. The Hall–Kier alpha value is -0.840. The van der Waals surface area contributed by atoms with Crippen LogP contribution in [-0.2, 0) is 6.54 Å². The maximum Gasteiger partial charge on any atom is 0.147 e. The van der Waals surface area contributed by atoms with Gasteiger partial charge in [-0.1, -0.05) is 18.5 Å². The molecule has 0 aromatic carbocycles. The van der Waals surface area contributed by atoms with Crippen molar-refractivity contribution in [2.24, 2.45) is 0 Å². The monoisotopic (exact) mass is 308 g/mol. The van der Waals surface area contributed by atoms with Gasteiger partial charge in [-0.3, -0.25) is 4.90 Å². The van der Waals surface area contributed by atoms with Crippen molar-refractivity contribution in [1.82, 2.24) is 15.2 Å². The number of halogens is 1. The number of nitrogens with zero attached hydrogens (tertiary/aromatic N) is 3. The first-order valence-electron chi connectivity index (χ1n) is 8.05.